The maximum atomic E-state index is 14.0. The van der Waals surface area contributed by atoms with E-state index in [-0.39, 0.29) is 32.7 Å². The Balaban J connectivity index is 1.36. The van der Waals surface area contributed by atoms with Crippen LogP contribution in [-0.4, -0.2) is 75.5 Å². The van der Waals surface area contributed by atoms with Crippen LogP contribution in [0.3, 0.4) is 0 Å². The molecule has 62 heavy (non-hydrogen) atoms. The fourth-order valence-electron chi connectivity index (χ4n) is 6.33. The standard InChI is InChI=1S/C48H39NO12S/c1-32-27-29-38(30-28-32)62(54,55)49-43(33-17-7-2-8-18-33)61-48-42(60-47(53)37-25-15-6-16-26-37)41(59-46(52)36-23-13-5-14-24-36)40(58-45(51)35-21-11-4-12-22-35)39(57-48)31-56-44(50)34-19-9-3-10-20-34/h2-30,39-42,48H,31H2,1H3/b49-43-/t39?,40-,41?,42?,48+/m0/s1. The summed E-state index contributed by atoms with van der Waals surface area (Å²) in [5.41, 5.74) is 1.44. The Morgan fingerprint density at radius 2 is 0.871 bits per heavy atom. The van der Waals surface area contributed by atoms with Crippen LogP contribution in [0.2, 0.25) is 0 Å². The van der Waals surface area contributed by atoms with Gasteiger partial charge in [0.25, 0.3) is 10.0 Å². The lowest BCUT2D eigenvalue weighted by Crippen LogP contribution is -2.63. The quantitative estimate of drug-likeness (QED) is 0.0489. The third-order valence-corrected chi connectivity index (χ3v) is 10.8. The van der Waals surface area contributed by atoms with Crippen molar-refractivity contribution in [2.75, 3.05) is 6.61 Å². The third-order valence-electron chi connectivity index (χ3n) is 9.51. The highest BCUT2D eigenvalue weighted by Crippen LogP contribution is 2.33. The van der Waals surface area contributed by atoms with E-state index in [1.807, 2.05) is 0 Å². The predicted molar refractivity (Wildman–Crippen MR) is 225 cm³/mol. The number of hydrogen-bond acceptors (Lipinski definition) is 12. The molecule has 1 aliphatic rings. The van der Waals surface area contributed by atoms with Crippen LogP contribution in [0.25, 0.3) is 0 Å². The zero-order valence-electron chi connectivity index (χ0n) is 33.1. The molecule has 6 aromatic carbocycles. The maximum absolute atomic E-state index is 14.0. The summed E-state index contributed by atoms with van der Waals surface area (Å²) in [4.78, 5) is 55.1. The SMILES string of the molecule is Cc1ccc(S(=O)(=O)/N=C(\O[C@H]2OC(COC(=O)c3ccccc3)[C@H](OC(=O)c3ccccc3)C(OC(=O)c3ccccc3)C2OC(=O)c2ccccc2)c2ccccc2)cc1. The van der Waals surface area contributed by atoms with Crippen LogP contribution in [-0.2, 0) is 38.4 Å². The second-order valence-corrected chi connectivity index (χ2v) is 15.5. The first-order chi connectivity index (χ1) is 30.1. The Kier molecular flexibility index (Phi) is 13.6. The molecule has 6 aromatic rings. The lowest BCUT2D eigenvalue weighted by Gasteiger charge is -2.44. The number of benzene rings is 6. The molecule has 0 radical (unpaired) electrons. The van der Waals surface area contributed by atoms with Crippen molar-refractivity contribution in [2.24, 2.45) is 4.40 Å². The highest BCUT2D eigenvalue weighted by molar-refractivity contribution is 7.90. The van der Waals surface area contributed by atoms with E-state index in [9.17, 15) is 27.6 Å². The molecule has 0 amide bonds. The van der Waals surface area contributed by atoms with E-state index < -0.39 is 77.1 Å². The summed E-state index contributed by atoms with van der Waals surface area (Å²) in [5.74, 6) is -4.00. The molecule has 0 aliphatic carbocycles. The number of rotatable bonds is 13. The topological polar surface area (TPSA) is 170 Å². The Hall–Kier alpha value is -7.42. The molecule has 1 aliphatic heterocycles. The molecular formula is C48H39NO12S. The van der Waals surface area contributed by atoms with Crippen LogP contribution in [0, 0.1) is 6.92 Å². The molecule has 14 heteroatoms. The van der Waals surface area contributed by atoms with Gasteiger partial charge in [-0.1, -0.05) is 109 Å². The largest absolute Gasteiger partial charge is 0.459 e. The first kappa shape index (κ1) is 42.7. The van der Waals surface area contributed by atoms with Crippen LogP contribution in [0.1, 0.15) is 52.6 Å². The molecule has 3 unspecified atom stereocenters. The highest BCUT2D eigenvalue weighted by atomic mass is 32.2. The molecule has 7 rings (SSSR count). The molecule has 0 saturated carbocycles. The fourth-order valence-corrected chi connectivity index (χ4v) is 7.28. The number of ether oxygens (including phenoxy) is 6. The predicted octanol–water partition coefficient (Wildman–Crippen LogP) is 7.41. The number of esters is 4. The van der Waals surface area contributed by atoms with E-state index >= 15 is 0 Å². The Morgan fingerprint density at radius 1 is 0.484 bits per heavy atom. The van der Waals surface area contributed by atoms with E-state index in [0.717, 1.165) is 5.56 Å². The van der Waals surface area contributed by atoms with Crippen molar-refractivity contribution in [1.29, 1.82) is 0 Å². The van der Waals surface area contributed by atoms with Crippen LogP contribution in [0.5, 0.6) is 0 Å². The van der Waals surface area contributed by atoms with E-state index in [1.54, 1.807) is 110 Å². The summed E-state index contributed by atoms with van der Waals surface area (Å²) in [5, 5.41) is 0. The van der Waals surface area contributed by atoms with Gasteiger partial charge in [0.2, 0.25) is 18.3 Å². The van der Waals surface area contributed by atoms with Gasteiger partial charge in [0, 0.05) is 5.56 Å². The molecule has 1 saturated heterocycles. The highest BCUT2D eigenvalue weighted by Gasteiger charge is 2.54. The van der Waals surface area contributed by atoms with Crippen molar-refractivity contribution in [3.8, 4) is 0 Å². The van der Waals surface area contributed by atoms with E-state index in [1.165, 1.54) is 72.8 Å². The van der Waals surface area contributed by atoms with E-state index in [0.29, 0.717) is 0 Å². The number of sulfonamides is 1. The number of hydrogen-bond donors (Lipinski definition) is 0. The monoisotopic (exact) mass is 853 g/mol. The minimum Gasteiger partial charge on any atom is -0.459 e. The molecule has 1 fully saturated rings. The Labute approximate surface area is 357 Å². The average Bonchev–Trinajstić information content (AvgIpc) is 3.31. The smallest absolute Gasteiger partial charge is 0.338 e. The van der Waals surface area contributed by atoms with Gasteiger partial charge in [-0.2, -0.15) is 8.42 Å². The summed E-state index contributed by atoms with van der Waals surface area (Å²) in [6.45, 7) is 1.17. The maximum Gasteiger partial charge on any atom is 0.338 e. The lowest BCUT2D eigenvalue weighted by molar-refractivity contribution is -0.278. The Morgan fingerprint density at radius 3 is 1.32 bits per heavy atom. The van der Waals surface area contributed by atoms with Gasteiger partial charge in [0.1, 0.15) is 12.7 Å². The van der Waals surface area contributed by atoms with Crippen molar-refractivity contribution in [3.05, 3.63) is 209 Å². The van der Waals surface area contributed by atoms with Crippen LogP contribution >= 0.6 is 0 Å². The van der Waals surface area contributed by atoms with Crippen molar-refractivity contribution in [1.82, 2.24) is 0 Å². The summed E-state index contributed by atoms with van der Waals surface area (Å²) < 4.78 is 68.7. The summed E-state index contributed by atoms with van der Waals surface area (Å²) >= 11 is 0. The van der Waals surface area contributed by atoms with Crippen LogP contribution in [0.15, 0.2) is 185 Å². The summed E-state index contributed by atoms with van der Waals surface area (Å²) in [6, 6.07) is 45.7. The van der Waals surface area contributed by atoms with Crippen LogP contribution < -0.4 is 0 Å². The molecule has 0 aromatic heterocycles. The van der Waals surface area contributed by atoms with Crippen molar-refractivity contribution in [3.63, 3.8) is 0 Å². The molecule has 13 nitrogen and oxygen atoms in total. The van der Waals surface area contributed by atoms with Crippen molar-refractivity contribution < 1.29 is 56.0 Å². The zero-order chi connectivity index (χ0) is 43.5. The van der Waals surface area contributed by atoms with Gasteiger partial charge in [0.15, 0.2) is 12.2 Å². The fraction of sp³-hybridized carbons (Fsp3) is 0.146. The van der Waals surface area contributed by atoms with Gasteiger partial charge in [-0.25, -0.2) is 19.2 Å². The van der Waals surface area contributed by atoms with Gasteiger partial charge >= 0.3 is 23.9 Å². The first-order valence-corrected chi connectivity index (χ1v) is 20.8. The normalized spacial score (nSPS) is 18.7. The number of carbonyl (C=O) groups excluding carboxylic acids is 4. The Bertz CT molecular complexity index is 2610. The van der Waals surface area contributed by atoms with Crippen LogP contribution in [0.4, 0.5) is 0 Å². The summed E-state index contributed by atoms with van der Waals surface area (Å²) in [6.07, 6.45) is -8.59. The van der Waals surface area contributed by atoms with Crippen molar-refractivity contribution in [2.45, 2.75) is 42.5 Å². The van der Waals surface area contributed by atoms with Gasteiger partial charge in [-0.3, -0.25) is 0 Å². The molecule has 0 spiro atoms. The van der Waals surface area contributed by atoms with Crippen molar-refractivity contribution >= 4 is 39.8 Å². The lowest BCUT2D eigenvalue weighted by atomic mass is 9.97. The molecule has 314 valence electrons. The molecule has 0 N–H and O–H groups in total. The summed E-state index contributed by atoms with van der Waals surface area (Å²) in [7, 11) is -4.47. The molecular weight excluding hydrogens is 815 g/mol. The third kappa shape index (κ3) is 10.7. The van der Waals surface area contributed by atoms with E-state index in [2.05, 4.69) is 4.40 Å². The number of aryl methyl sites for hydroxylation is 1. The average molecular weight is 854 g/mol. The minimum atomic E-state index is -4.47. The van der Waals surface area contributed by atoms with Gasteiger partial charge in [-0.05, 0) is 79.7 Å². The second kappa shape index (κ2) is 19.8. The van der Waals surface area contributed by atoms with Gasteiger partial charge < -0.3 is 28.4 Å². The van der Waals surface area contributed by atoms with Gasteiger partial charge in [-0.15, -0.1) is 4.40 Å². The minimum absolute atomic E-state index is 0.0787. The second-order valence-electron chi connectivity index (χ2n) is 13.9. The first-order valence-electron chi connectivity index (χ1n) is 19.4. The number of nitrogens with zero attached hydrogens (tertiary/aromatic N) is 1. The molecule has 0 bridgehead atoms. The molecule has 1 heterocycles. The van der Waals surface area contributed by atoms with Gasteiger partial charge in [0.05, 0.1) is 27.1 Å². The van der Waals surface area contributed by atoms with E-state index in [4.69, 9.17) is 28.4 Å². The number of carbonyl (C=O) groups is 4. The molecule has 5 atom stereocenters. The zero-order valence-corrected chi connectivity index (χ0v) is 33.9.